The van der Waals surface area contributed by atoms with Crippen molar-refractivity contribution in [3.05, 3.63) is 30.0 Å². The summed E-state index contributed by atoms with van der Waals surface area (Å²) in [5.74, 6) is 1.12. The third kappa shape index (κ3) is 2.26. The van der Waals surface area contributed by atoms with Crippen LogP contribution in [0.3, 0.4) is 0 Å². The number of benzene rings is 1. The van der Waals surface area contributed by atoms with Gasteiger partial charge >= 0.3 is 0 Å². The van der Waals surface area contributed by atoms with Crippen molar-refractivity contribution in [3.8, 4) is 11.3 Å². The molecule has 1 atom stereocenters. The van der Waals surface area contributed by atoms with Crippen molar-refractivity contribution in [3.63, 3.8) is 0 Å². The second kappa shape index (κ2) is 4.91. The fourth-order valence-electron chi connectivity index (χ4n) is 4.05. The third-order valence-electron chi connectivity index (χ3n) is 5.78. The molecule has 2 bridgehead atoms. The molecule has 3 fully saturated rings. The zero-order valence-electron chi connectivity index (χ0n) is 13.8. The van der Waals surface area contributed by atoms with Gasteiger partial charge in [0.15, 0.2) is 0 Å². The molecule has 0 aliphatic heterocycles. The van der Waals surface area contributed by atoms with Crippen LogP contribution in [0.1, 0.15) is 31.7 Å². The van der Waals surface area contributed by atoms with E-state index in [0.29, 0.717) is 5.41 Å². The van der Waals surface area contributed by atoms with Crippen LogP contribution in [0.15, 0.2) is 24.4 Å². The molecule has 120 valence electrons. The average Bonchev–Trinajstić information content (AvgIpc) is 2.84. The highest BCUT2D eigenvalue weighted by Gasteiger charge is 2.60. The van der Waals surface area contributed by atoms with E-state index in [1.807, 2.05) is 25.1 Å². The van der Waals surface area contributed by atoms with Crippen molar-refractivity contribution in [1.29, 1.82) is 0 Å². The Morgan fingerprint density at radius 3 is 2.70 bits per heavy atom. The van der Waals surface area contributed by atoms with Gasteiger partial charge in [-0.3, -0.25) is 4.79 Å². The van der Waals surface area contributed by atoms with Crippen LogP contribution in [0.4, 0.5) is 5.69 Å². The number of amides is 1. The van der Waals surface area contributed by atoms with Crippen LogP contribution < -0.4 is 5.32 Å². The first-order chi connectivity index (χ1) is 11.0. The van der Waals surface area contributed by atoms with Gasteiger partial charge in [0.05, 0.1) is 6.20 Å². The van der Waals surface area contributed by atoms with Crippen molar-refractivity contribution in [1.82, 2.24) is 15.0 Å². The summed E-state index contributed by atoms with van der Waals surface area (Å²) in [5.41, 5.74) is 4.09. The van der Waals surface area contributed by atoms with Gasteiger partial charge in [0, 0.05) is 24.2 Å². The Morgan fingerprint density at radius 1 is 1.39 bits per heavy atom. The molecule has 0 saturated heterocycles. The molecule has 0 radical (unpaired) electrons. The lowest BCUT2D eigenvalue weighted by atomic mass is 9.40. The molecule has 23 heavy (non-hydrogen) atoms. The maximum atomic E-state index is 12.6. The summed E-state index contributed by atoms with van der Waals surface area (Å²) < 4.78 is 0. The molecule has 3 saturated carbocycles. The molecular formula is C18H22N4O. The highest BCUT2D eigenvalue weighted by Crippen LogP contribution is 2.68. The maximum absolute atomic E-state index is 12.6. The summed E-state index contributed by atoms with van der Waals surface area (Å²) in [4.78, 5) is 14.1. The first-order valence-electron chi connectivity index (χ1n) is 8.25. The molecule has 1 heterocycles. The van der Waals surface area contributed by atoms with E-state index in [4.69, 9.17) is 0 Å². The lowest BCUT2D eigenvalue weighted by Crippen LogP contribution is -2.58. The number of aromatic nitrogens is 3. The van der Waals surface area contributed by atoms with Crippen LogP contribution in [0.2, 0.25) is 0 Å². The number of aryl methyl sites for hydroxylation is 2. The van der Waals surface area contributed by atoms with E-state index >= 15 is 0 Å². The molecule has 3 aliphatic carbocycles. The summed E-state index contributed by atoms with van der Waals surface area (Å²) in [6, 6.07) is 5.97. The largest absolute Gasteiger partial charge is 0.326 e. The van der Waals surface area contributed by atoms with E-state index in [1.165, 1.54) is 19.3 Å². The van der Waals surface area contributed by atoms with Gasteiger partial charge in [-0.15, -0.1) is 0 Å². The number of anilines is 1. The minimum Gasteiger partial charge on any atom is -0.326 e. The number of hydrogen-bond acceptors (Lipinski definition) is 3. The number of nitrogens with one attached hydrogen (secondary N) is 1. The molecule has 1 aromatic heterocycles. The Hall–Kier alpha value is -2.17. The molecule has 1 unspecified atom stereocenters. The van der Waals surface area contributed by atoms with Crippen molar-refractivity contribution < 1.29 is 4.79 Å². The van der Waals surface area contributed by atoms with Crippen LogP contribution in [0.25, 0.3) is 11.3 Å². The van der Waals surface area contributed by atoms with Gasteiger partial charge in [-0.05, 0) is 55.2 Å². The standard InChI is InChI=1S/C18H22N4O/c1-11-4-5-14(6-15(11)16-10-19-22(3)21-16)20-17(23)12(2)18-7-13(8-18)9-18/h4-6,10,12-13H,7-9H2,1-3H3,(H,20,23). The highest BCUT2D eigenvalue weighted by molar-refractivity contribution is 5.94. The predicted octanol–water partition coefficient (Wildman–Crippen LogP) is 3.17. The van der Waals surface area contributed by atoms with Crippen molar-refractivity contribution >= 4 is 11.6 Å². The van der Waals surface area contributed by atoms with Gasteiger partial charge in [0.25, 0.3) is 0 Å². The lowest BCUT2D eigenvalue weighted by molar-refractivity contribution is -0.161. The minimum absolute atomic E-state index is 0.0915. The Labute approximate surface area is 136 Å². The van der Waals surface area contributed by atoms with E-state index in [9.17, 15) is 4.79 Å². The number of carbonyl (C=O) groups excluding carboxylic acids is 1. The molecular weight excluding hydrogens is 288 g/mol. The van der Waals surface area contributed by atoms with Crippen LogP contribution in [-0.2, 0) is 11.8 Å². The molecule has 2 aromatic rings. The fourth-order valence-corrected chi connectivity index (χ4v) is 4.05. The van der Waals surface area contributed by atoms with Gasteiger partial charge in [-0.2, -0.15) is 15.0 Å². The monoisotopic (exact) mass is 310 g/mol. The summed E-state index contributed by atoms with van der Waals surface area (Å²) in [6.07, 6.45) is 5.46. The van der Waals surface area contributed by atoms with Crippen molar-refractivity contribution in [2.75, 3.05) is 5.32 Å². The number of hydrogen-bond donors (Lipinski definition) is 1. The lowest BCUT2D eigenvalue weighted by Gasteiger charge is -2.64. The van der Waals surface area contributed by atoms with Crippen LogP contribution in [0.5, 0.6) is 0 Å². The summed E-state index contributed by atoms with van der Waals surface area (Å²) in [5, 5.41) is 11.6. The zero-order valence-corrected chi connectivity index (χ0v) is 13.8. The normalized spacial score (nSPS) is 26.1. The smallest absolute Gasteiger partial charge is 0.227 e. The Bertz CT molecular complexity index is 762. The van der Waals surface area contributed by atoms with Crippen LogP contribution in [0, 0.1) is 24.2 Å². The van der Waals surface area contributed by atoms with Gasteiger partial charge in [-0.1, -0.05) is 13.0 Å². The molecule has 0 spiro atoms. The predicted molar refractivity (Wildman–Crippen MR) is 88.7 cm³/mol. The zero-order chi connectivity index (χ0) is 16.2. The molecule has 5 rings (SSSR count). The summed E-state index contributed by atoms with van der Waals surface area (Å²) in [7, 11) is 1.80. The van der Waals surface area contributed by atoms with E-state index in [0.717, 1.165) is 28.4 Å². The summed E-state index contributed by atoms with van der Waals surface area (Å²) in [6.45, 7) is 4.11. The second-order valence-corrected chi connectivity index (χ2v) is 7.30. The van der Waals surface area contributed by atoms with Crippen LogP contribution in [-0.4, -0.2) is 20.9 Å². The first-order valence-corrected chi connectivity index (χ1v) is 8.25. The Kier molecular flexibility index (Phi) is 3.08. The van der Waals surface area contributed by atoms with Gasteiger partial charge < -0.3 is 5.32 Å². The first kappa shape index (κ1) is 14.4. The maximum Gasteiger partial charge on any atom is 0.227 e. The number of nitrogens with zero attached hydrogens (tertiary/aromatic N) is 3. The second-order valence-electron chi connectivity index (χ2n) is 7.30. The van der Waals surface area contributed by atoms with Crippen molar-refractivity contribution in [2.24, 2.45) is 24.3 Å². The SMILES string of the molecule is Cc1ccc(NC(=O)C(C)C23CC(C2)C3)cc1-c1cnn(C)n1. The molecule has 1 aromatic carbocycles. The quantitative estimate of drug-likeness (QED) is 0.943. The fraction of sp³-hybridized carbons (Fsp3) is 0.500. The molecule has 3 aliphatic rings. The van der Waals surface area contributed by atoms with Gasteiger partial charge in [-0.25, -0.2) is 0 Å². The average molecular weight is 310 g/mol. The van der Waals surface area contributed by atoms with E-state index in [1.54, 1.807) is 18.0 Å². The molecule has 1 amide bonds. The number of carbonyl (C=O) groups is 1. The third-order valence-corrected chi connectivity index (χ3v) is 5.78. The van der Waals surface area contributed by atoms with Gasteiger partial charge in [0.2, 0.25) is 5.91 Å². The van der Waals surface area contributed by atoms with Crippen LogP contribution >= 0.6 is 0 Å². The molecule has 1 N–H and O–H groups in total. The van der Waals surface area contributed by atoms with Gasteiger partial charge in [0.1, 0.15) is 5.69 Å². The summed E-state index contributed by atoms with van der Waals surface area (Å²) >= 11 is 0. The van der Waals surface area contributed by atoms with Crippen molar-refractivity contribution in [2.45, 2.75) is 33.1 Å². The highest BCUT2D eigenvalue weighted by atomic mass is 16.1. The number of rotatable bonds is 4. The van der Waals surface area contributed by atoms with E-state index in [2.05, 4.69) is 22.4 Å². The molecule has 5 heteroatoms. The topological polar surface area (TPSA) is 59.8 Å². The Morgan fingerprint density at radius 2 is 2.13 bits per heavy atom. The van der Waals surface area contributed by atoms with E-state index < -0.39 is 0 Å². The Balaban J connectivity index is 1.54. The minimum atomic E-state index is 0.0915. The molecule has 5 nitrogen and oxygen atoms in total. The van der Waals surface area contributed by atoms with E-state index in [-0.39, 0.29) is 11.8 Å².